The van der Waals surface area contributed by atoms with Gasteiger partial charge in [-0.05, 0) is 25.8 Å². The third-order valence-electron chi connectivity index (χ3n) is 5.18. The SMILES string of the molecule is CCC1(C(=O)O)CCCN(Cc2cnc(N3CCOCC3)nc2)C1. The number of aliphatic carboxylic acids is 1. The average Bonchev–Trinajstić information content (AvgIpc) is 2.63. The van der Waals surface area contributed by atoms with E-state index in [1.54, 1.807) is 0 Å². The number of aromatic nitrogens is 2. The fourth-order valence-electron chi connectivity index (χ4n) is 3.59. The Hall–Kier alpha value is -1.73. The molecule has 1 atom stereocenters. The normalized spacial score (nSPS) is 25.6. The third-order valence-corrected chi connectivity index (χ3v) is 5.18. The molecule has 0 spiro atoms. The summed E-state index contributed by atoms with van der Waals surface area (Å²) in [7, 11) is 0. The quantitative estimate of drug-likeness (QED) is 0.871. The van der Waals surface area contributed by atoms with E-state index in [4.69, 9.17) is 4.74 Å². The van der Waals surface area contributed by atoms with E-state index >= 15 is 0 Å². The predicted octanol–water partition coefficient (Wildman–Crippen LogP) is 1.39. The summed E-state index contributed by atoms with van der Waals surface area (Å²) in [6.07, 6.45) is 6.08. The summed E-state index contributed by atoms with van der Waals surface area (Å²) < 4.78 is 5.34. The zero-order valence-corrected chi connectivity index (χ0v) is 14.3. The Morgan fingerprint density at radius 2 is 2.00 bits per heavy atom. The number of morpholine rings is 1. The second-order valence-electron chi connectivity index (χ2n) is 6.74. The monoisotopic (exact) mass is 334 g/mol. The summed E-state index contributed by atoms with van der Waals surface area (Å²) in [4.78, 5) is 25.0. The van der Waals surface area contributed by atoms with E-state index in [1.807, 2.05) is 19.3 Å². The molecular weight excluding hydrogens is 308 g/mol. The van der Waals surface area contributed by atoms with Crippen LogP contribution in [-0.4, -0.2) is 65.3 Å². The second kappa shape index (κ2) is 7.44. The van der Waals surface area contributed by atoms with Gasteiger partial charge >= 0.3 is 5.97 Å². The van der Waals surface area contributed by atoms with Crippen LogP contribution in [0.2, 0.25) is 0 Å². The number of nitrogens with zero attached hydrogens (tertiary/aromatic N) is 4. The Balaban J connectivity index is 1.62. The van der Waals surface area contributed by atoms with Gasteiger partial charge in [0.15, 0.2) is 0 Å². The van der Waals surface area contributed by atoms with E-state index in [0.717, 1.165) is 44.0 Å². The van der Waals surface area contributed by atoms with Gasteiger partial charge in [0.25, 0.3) is 0 Å². The smallest absolute Gasteiger partial charge is 0.310 e. The Morgan fingerprint density at radius 3 is 2.62 bits per heavy atom. The molecular formula is C17H26N4O3. The highest BCUT2D eigenvalue weighted by Gasteiger charge is 2.40. The van der Waals surface area contributed by atoms with E-state index in [9.17, 15) is 9.90 Å². The molecule has 132 valence electrons. The maximum atomic E-state index is 11.7. The zero-order valence-electron chi connectivity index (χ0n) is 14.3. The van der Waals surface area contributed by atoms with Gasteiger partial charge in [0.2, 0.25) is 5.95 Å². The number of likely N-dealkylation sites (tertiary alicyclic amines) is 1. The van der Waals surface area contributed by atoms with Crippen LogP contribution in [0.25, 0.3) is 0 Å². The van der Waals surface area contributed by atoms with Crippen LogP contribution >= 0.6 is 0 Å². The summed E-state index contributed by atoms with van der Waals surface area (Å²) in [5.74, 6) is 0.0720. The van der Waals surface area contributed by atoms with E-state index in [2.05, 4.69) is 19.8 Å². The van der Waals surface area contributed by atoms with Crippen LogP contribution in [-0.2, 0) is 16.1 Å². The minimum atomic E-state index is -0.673. The van der Waals surface area contributed by atoms with Gasteiger partial charge in [0.05, 0.1) is 18.6 Å². The van der Waals surface area contributed by atoms with Crippen LogP contribution < -0.4 is 4.90 Å². The van der Waals surface area contributed by atoms with Gasteiger partial charge in [0.1, 0.15) is 0 Å². The van der Waals surface area contributed by atoms with Crippen LogP contribution in [0.1, 0.15) is 31.7 Å². The lowest BCUT2D eigenvalue weighted by atomic mass is 9.77. The first-order valence-electron chi connectivity index (χ1n) is 8.72. The number of hydrogen-bond donors (Lipinski definition) is 1. The Labute approximate surface area is 142 Å². The van der Waals surface area contributed by atoms with Gasteiger partial charge in [-0.25, -0.2) is 9.97 Å². The van der Waals surface area contributed by atoms with Gasteiger partial charge in [-0.3, -0.25) is 9.69 Å². The van der Waals surface area contributed by atoms with E-state index in [0.29, 0.717) is 32.7 Å². The molecule has 2 fully saturated rings. The third kappa shape index (κ3) is 3.67. The molecule has 7 nitrogen and oxygen atoms in total. The number of rotatable bonds is 5. The van der Waals surface area contributed by atoms with Crippen molar-refractivity contribution in [1.29, 1.82) is 0 Å². The highest BCUT2D eigenvalue weighted by molar-refractivity contribution is 5.75. The van der Waals surface area contributed by atoms with Crippen LogP contribution in [0.3, 0.4) is 0 Å². The fraction of sp³-hybridized carbons (Fsp3) is 0.706. The largest absolute Gasteiger partial charge is 0.481 e. The van der Waals surface area contributed by atoms with Crippen molar-refractivity contribution in [1.82, 2.24) is 14.9 Å². The molecule has 0 aliphatic carbocycles. The van der Waals surface area contributed by atoms with Crippen LogP contribution in [0.5, 0.6) is 0 Å². The first-order valence-corrected chi connectivity index (χ1v) is 8.72. The van der Waals surface area contributed by atoms with Crippen molar-refractivity contribution in [2.24, 2.45) is 5.41 Å². The van der Waals surface area contributed by atoms with Gasteiger partial charge in [-0.1, -0.05) is 6.92 Å². The van der Waals surface area contributed by atoms with Crippen molar-refractivity contribution >= 4 is 11.9 Å². The molecule has 24 heavy (non-hydrogen) atoms. The standard InChI is InChI=1S/C17H26N4O3/c1-2-17(15(22)23)4-3-5-20(13-17)12-14-10-18-16(19-11-14)21-6-8-24-9-7-21/h10-11H,2-9,12-13H2,1H3,(H,22,23). The molecule has 1 N–H and O–H groups in total. The molecule has 7 heteroatoms. The summed E-state index contributed by atoms with van der Waals surface area (Å²) in [5, 5.41) is 9.59. The first-order chi connectivity index (χ1) is 11.6. The molecule has 1 aromatic rings. The van der Waals surface area contributed by atoms with Crippen LogP contribution in [0, 0.1) is 5.41 Å². The fourth-order valence-corrected chi connectivity index (χ4v) is 3.59. The second-order valence-corrected chi connectivity index (χ2v) is 6.74. The van der Waals surface area contributed by atoms with Crippen LogP contribution in [0.4, 0.5) is 5.95 Å². The number of ether oxygens (including phenoxy) is 1. The number of anilines is 1. The molecule has 3 heterocycles. The molecule has 0 amide bonds. The van der Waals surface area contributed by atoms with E-state index < -0.39 is 11.4 Å². The number of piperidine rings is 1. The lowest BCUT2D eigenvalue weighted by molar-refractivity contribution is -0.153. The lowest BCUT2D eigenvalue weighted by Crippen LogP contribution is -2.47. The van der Waals surface area contributed by atoms with Gasteiger partial charge in [-0.15, -0.1) is 0 Å². The maximum absolute atomic E-state index is 11.7. The topological polar surface area (TPSA) is 78.8 Å². The van der Waals surface area contributed by atoms with Gasteiger partial charge in [0, 0.05) is 44.1 Å². The van der Waals surface area contributed by atoms with Crippen molar-refractivity contribution in [2.75, 3.05) is 44.3 Å². The molecule has 1 unspecified atom stereocenters. The summed E-state index contributed by atoms with van der Waals surface area (Å²) in [6.45, 7) is 7.28. The zero-order chi connectivity index (χ0) is 17.0. The first kappa shape index (κ1) is 17.1. The molecule has 1 aromatic heterocycles. The van der Waals surface area contributed by atoms with Crippen molar-refractivity contribution in [3.8, 4) is 0 Å². The molecule has 0 aromatic carbocycles. The van der Waals surface area contributed by atoms with E-state index in [1.165, 1.54) is 0 Å². The van der Waals surface area contributed by atoms with Crippen molar-refractivity contribution in [3.05, 3.63) is 18.0 Å². The van der Waals surface area contributed by atoms with Crippen LogP contribution in [0.15, 0.2) is 12.4 Å². The molecule has 2 aliphatic rings. The highest BCUT2D eigenvalue weighted by Crippen LogP contribution is 2.34. The maximum Gasteiger partial charge on any atom is 0.310 e. The van der Waals surface area contributed by atoms with Crippen molar-refractivity contribution in [3.63, 3.8) is 0 Å². The lowest BCUT2D eigenvalue weighted by Gasteiger charge is -2.39. The average molecular weight is 334 g/mol. The van der Waals surface area contributed by atoms with Crippen molar-refractivity contribution < 1.29 is 14.6 Å². The summed E-state index contributed by atoms with van der Waals surface area (Å²) in [5.41, 5.74) is 0.427. The minimum absolute atomic E-state index is 0.601. The minimum Gasteiger partial charge on any atom is -0.481 e. The molecule has 2 saturated heterocycles. The number of carbonyl (C=O) groups is 1. The Bertz CT molecular complexity index is 559. The Kier molecular flexibility index (Phi) is 5.30. The highest BCUT2D eigenvalue weighted by atomic mass is 16.5. The number of carboxylic acids is 1. The molecule has 3 rings (SSSR count). The Morgan fingerprint density at radius 1 is 1.29 bits per heavy atom. The molecule has 0 saturated carbocycles. The number of carboxylic acid groups (broad SMARTS) is 1. The van der Waals surface area contributed by atoms with Gasteiger partial charge < -0.3 is 14.7 Å². The molecule has 0 bridgehead atoms. The van der Waals surface area contributed by atoms with Crippen molar-refractivity contribution in [2.45, 2.75) is 32.7 Å². The predicted molar refractivity (Wildman–Crippen MR) is 89.9 cm³/mol. The molecule has 2 aliphatic heterocycles. The summed E-state index contributed by atoms with van der Waals surface area (Å²) in [6, 6.07) is 0. The van der Waals surface area contributed by atoms with Gasteiger partial charge in [-0.2, -0.15) is 0 Å². The van der Waals surface area contributed by atoms with E-state index in [-0.39, 0.29) is 0 Å². The summed E-state index contributed by atoms with van der Waals surface area (Å²) >= 11 is 0. The molecule has 0 radical (unpaired) electrons. The number of hydrogen-bond acceptors (Lipinski definition) is 6.